The average molecular weight is 589 g/mol. The number of fused-ring (bicyclic) bond motifs is 2. The van der Waals surface area contributed by atoms with Crippen LogP contribution >= 0.6 is 11.6 Å². The Hall–Kier alpha value is -2.98. The van der Waals surface area contributed by atoms with Gasteiger partial charge < -0.3 is 19.7 Å². The first-order valence-corrected chi connectivity index (χ1v) is 15.0. The van der Waals surface area contributed by atoms with Crippen molar-refractivity contribution in [2.24, 2.45) is 13.0 Å². The molecule has 1 aromatic carbocycles. The molecule has 2 fully saturated rings. The lowest BCUT2D eigenvalue weighted by molar-refractivity contribution is -0.138. The summed E-state index contributed by atoms with van der Waals surface area (Å²) in [5.74, 6) is 0.0233. The van der Waals surface area contributed by atoms with Crippen LogP contribution in [0.25, 0.3) is 0 Å². The molecule has 3 heterocycles. The quantitative estimate of drug-likeness (QED) is 0.559. The van der Waals surface area contributed by atoms with Crippen LogP contribution in [0.15, 0.2) is 30.6 Å². The van der Waals surface area contributed by atoms with E-state index in [1.165, 1.54) is 17.0 Å². The SMILES string of the molecule is CC(C)CC(=O)N1CCCN(Cc2nccn2C)CCCCNC(=O)[C@@H]2C[C@H]1CN2C(=O)Cc1c(F)cccc1Cl. The Bertz CT molecular complexity index is 1200. The third-order valence-corrected chi connectivity index (χ3v) is 8.35. The van der Waals surface area contributed by atoms with Crippen molar-refractivity contribution in [1.82, 2.24) is 29.6 Å². The van der Waals surface area contributed by atoms with E-state index < -0.39 is 11.9 Å². The summed E-state index contributed by atoms with van der Waals surface area (Å²) < 4.78 is 16.5. The van der Waals surface area contributed by atoms with Gasteiger partial charge >= 0.3 is 0 Å². The van der Waals surface area contributed by atoms with Crippen LogP contribution in [0.5, 0.6) is 0 Å². The smallest absolute Gasteiger partial charge is 0.242 e. The summed E-state index contributed by atoms with van der Waals surface area (Å²) in [7, 11) is 1.98. The van der Waals surface area contributed by atoms with Crippen molar-refractivity contribution >= 4 is 29.3 Å². The molecule has 1 N–H and O–H groups in total. The maximum absolute atomic E-state index is 14.5. The van der Waals surface area contributed by atoms with Crippen LogP contribution in [0, 0.1) is 11.7 Å². The minimum atomic E-state index is -0.727. The molecule has 11 heteroatoms. The standard InChI is InChI=1S/C30H42ClFN6O3/c1-21(2)16-28(39)37-14-7-13-36(20-27-33-11-15-35(27)3)12-5-4-10-34-30(41)26-17-22(37)19-38(26)29(40)18-23-24(31)8-6-9-25(23)32/h6,8-9,11,15,21-22,26H,4-5,7,10,12-14,16-20H2,1-3H3,(H,34,41)/t22-,26-/m0/s1. The molecular weight excluding hydrogens is 547 g/mol. The summed E-state index contributed by atoms with van der Waals surface area (Å²) in [6, 6.07) is 3.29. The second-order valence-electron chi connectivity index (χ2n) is 11.6. The van der Waals surface area contributed by atoms with E-state index in [1.807, 2.05) is 36.6 Å². The highest BCUT2D eigenvalue weighted by atomic mass is 35.5. The van der Waals surface area contributed by atoms with Crippen molar-refractivity contribution in [2.75, 3.05) is 32.7 Å². The van der Waals surface area contributed by atoms with Gasteiger partial charge in [0.15, 0.2) is 0 Å². The van der Waals surface area contributed by atoms with Crippen LogP contribution in [-0.2, 0) is 34.4 Å². The number of hydrogen-bond acceptors (Lipinski definition) is 5. The summed E-state index contributed by atoms with van der Waals surface area (Å²) in [6.45, 7) is 7.63. The van der Waals surface area contributed by atoms with Crippen LogP contribution < -0.4 is 5.32 Å². The van der Waals surface area contributed by atoms with E-state index in [9.17, 15) is 18.8 Å². The fraction of sp³-hybridized carbons (Fsp3) is 0.600. The van der Waals surface area contributed by atoms with Gasteiger partial charge in [0.2, 0.25) is 17.7 Å². The molecule has 2 saturated heterocycles. The van der Waals surface area contributed by atoms with Gasteiger partial charge in [0, 0.05) is 62.6 Å². The number of hydrogen-bond donors (Lipinski definition) is 1. The maximum atomic E-state index is 14.5. The van der Waals surface area contributed by atoms with E-state index in [-0.39, 0.29) is 53.2 Å². The van der Waals surface area contributed by atoms with Crippen LogP contribution in [0.4, 0.5) is 4.39 Å². The van der Waals surface area contributed by atoms with Crippen molar-refractivity contribution in [1.29, 1.82) is 0 Å². The van der Waals surface area contributed by atoms with E-state index in [0.717, 1.165) is 38.2 Å². The summed E-state index contributed by atoms with van der Waals surface area (Å²) >= 11 is 6.21. The number of rotatable bonds is 6. The van der Waals surface area contributed by atoms with E-state index in [0.29, 0.717) is 32.5 Å². The van der Waals surface area contributed by atoms with Gasteiger partial charge in [-0.1, -0.05) is 31.5 Å². The van der Waals surface area contributed by atoms with E-state index in [2.05, 4.69) is 15.2 Å². The highest BCUT2D eigenvalue weighted by molar-refractivity contribution is 6.31. The molecule has 3 amide bonds. The minimum Gasteiger partial charge on any atom is -0.354 e. The number of nitrogens with zero attached hydrogens (tertiary/aromatic N) is 5. The Morgan fingerprint density at radius 3 is 2.61 bits per heavy atom. The number of benzene rings is 1. The summed E-state index contributed by atoms with van der Waals surface area (Å²) in [5, 5.41) is 3.19. The molecule has 2 bridgehead atoms. The monoisotopic (exact) mass is 588 g/mol. The van der Waals surface area contributed by atoms with Gasteiger partial charge in [-0.25, -0.2) is 9.37 Å². The van der Waals surface area contributed by atoms with Crippen molar-refractivity contribution in [3.63, 3.8) is 0 Å². The molecule has 2 atom stereocenters. The van der Waals surface area contributed by atoms with Crippen LogP contribution in [0.3, 0.4) is 0 Å². The Morgan fingerprint density at radius 2 is 1.90 bits per heavy atom. The number of nitrogens with one attached hydrogen (secondary N) is 1. The zero-order chi connectivity index (χ0) is 29.5. The van der Waals surface area contributed by atoms with Gasteiger partial charge in [-0.2, -0.15) is 0 Å². The van der Waals surface area contributed by atoms with Gasteiger partial charge in [-0.15, -0.1) is 0 Å². The lowest BCUT2D eigenvalue weighted by atomic mass is 10.1. The van der Waals surface area contributed by atoms with Gasteiger partial charge in [0.25, 0.3) is 0 Å². The van der Waals surface area contributed by atoms with Gasteiger partial charge in [0.1, 0.15) is 17.7 Å². The molecule has 2 aliphatic rings. The molecule has 224 valence electrons. The Kier molecular flexibility index (Phi) is 10.8. The Balaban J connectivity index is 1.55. The first kappa shape index (κ1) is 31.0. The number of imidazole rings is 1. The second-order valence-corrected chi connectivity index (χ2v) is 12.0. The molecule has 9 nitrogen and oxygen atoms in total. The molecule has 1 aromatic heterocycles. The number of carbonyl (C=O) groups is 3. The van der Waals surface area contributed by atoms with Crippen molar-refractivity contribution in [3.05, 3.63) is 52.8 Å². The lowest BCUT2D eigenvalue weighted by Crippen LogP contribution is -2.47. The van der Waals surface area contributed by atoms with E-state index in [4.69, 9.17) is 11.6 Å². The molecule has 0 unspecified atom stereocenters. The molecule has 0 spiro atoms. The van der Waals surface area contributed by atoms with Crippen LogP contribution in [0.1, 0.15) is 57.3 Å². The predicted molar refractivity (Wildman–Crippen MR) is 156 cm³/mol. The summed E-state index contributed by atoms with van der Waals surface area (Å²) in [5.41, 5.74) is 0.119. The number of aryl methyl sites for hydroxylation is 1. The van der Waals surface area contributed by atoms with Crippen molar-refractivity contribution in [2.45, 2.75) is 71.0 Å². The summed E-state index contributed by atoms with van der Waals surface area (Å²) in [4.78, 5) is 50.6. The number of halogens is 2. The lowest BCUT2D eigenvalue weighted by Gasteiger charge is -2.31. The molecule has 4 rings (SSSR count). The Morgan fingerprint density at radius 1 is 1.12 bits per heavy atom. The highest BCUT2D eigenvalue weighted by Gasteiger charge is 2.43. The molecule has 41 heavy (non-hydrogen) atoms. The predicted octanol–water partition coefficient (Wildman–Crippen LogP) is 3.40. The number of amides is 3. The number of carbonyl (C=O) groups excluding carboxylic acids is 3. The summed E-state index contributed by atoms with van der Waals surface area (Å²) in [6.07, 6.45) is 6.69. The second kappa shape index (κ2) is 14.3. The van der Waals surface area contributed by atoms with Gasteiger partial charge in [-0.3, -0.25) is 19.3 Å². The number of aromatic nitrogens is 2. The van der Waals surface area contributed by atoms with E-state index in [1.54, 1.807) is 12.3 Å². The van der Waals surface area contributed by atoms with Crippen LogP contribution in [-0.4, -0.2) is 86.8 Å². The molecule has 0 aliphatic carbocycles. The van der Waals surface area contributed by atoms with Crippen LogP contribution in [0.2, 0.25) is 5.02 Å². The van der Waals surface area contributed by atoms with Gasteiger partial charge in [-0.05, 0) is 50.3 Å². The first-order chi connectivity index (χ1) is 19.6. The third-order valence-electron chi connectivity index (χ3n) is 8.00. The highest BCUT2D eigenvalue weighted by Crippen LogP contribution is 2.27. The molecule has 2 aromatic rings. The largest absolute Gasteiger partial charge is 0.354 e. The van der Waals surface area contributed by atoms with E-state index >= 15 is 0 Å². The Labute approximate surface area is 247 Å². The third kappa shape index (κ3) is 8.07. The van der Waals surface area contributed by atoms with Gasteiger partial charge in [0.05, 0.1) is 19.0 Å². The molecule has 2 aliphatic heterocycles. The molecular formula is C30H42ClFN6O3. The van der Waals surface area contributed by atoms with Crippen molar-refractivity contribution < 1.29 is 18.8 Å². The minimum absolute atomic E-state index is 0.0263. The fourth-order valence-electron chi connectivity index (χ4n) is 5.77. The molecule has 0 radical (unpaired) electrons. The number of likely N-dealkylation sites (tertiary alicyclic amines) is 1. The normalized spacial score (nSPS) is 21.2. The van der Waals surface area contributed by atoms with Crippen molar-refractivity contribution in [3.8, 4) is 0 Å². The topological polar surface area (TPSA) is 90.8 Å². The first-order valence-electron chi connectivity index (χ1n) is 14.6. The average Bonchev–Trinajstić information content (AvgIpc) is 3.53. The zero-order valence-corrected chi connectivity index (χ0v) is 25.1. The molecule has 0 saturated carbocycles. The maximum Gasteiger partial charge on any atom is 0.242 e. The zero-order valence-electron chi connectivity index (χ0n) is 24.3. The fourth-order valence-corrected chi connectivity index (χ4v) is 6.00.